The second kappa shape index (κ2) is 6.38. The molecule has 11 nitrogen and oxygen atoms in total. The third-order valence-corrected chi connectivity index (χ3v) is 5.82. The monoisotopic (exact) mass is 407 g/mol. The number of nitrogens with zero attached hydrogens (tertiary/aromatic N) is 4. The van der Waals surface area contributed by atoms with E-state index in [-0.39, 0.29) is 16.7 Å². The highest BCUT2D eigenvalue weighted by atomic mass is 35.5. The Morgan fingerprint density at radius 3 is 2.69 bits per heavy atom. The van der Waals surface area contributed by atoms with Gasteiger partial charge in [-0.05, 0) is 17.5 Å². The van der Waals surface area contributed by atoms with E-state index in [0.29, 0.717) is 5.52 Å². The van der Waals surface area contributed by atoms with Crippen LogP contribution < -0.4 is 5.73 Å². The number of aliphatic hydroxyl groups is 2. The molecule has 26 heavy (non-hydrogen) atoms. The first-order chi connectivity index (χ1) is 12.0. The summed E-state index contributed by atoms with van der Waals surface area (Å²) in [5.41, 5.74) is 5.23. The van der Waals surface area contributed by atoms with E-state index in [9.17, 15) is 14.8 Å². The Bertz CT molecular complexity index is 889. The van der Waals surface area contributed by atoms with Gasteiger partial charge in [0.2, 0.25) is 5.28 Å². The Morgan fingerprint density at radius 1 is 1.42 bits per heavy atom. The highest BCUT2D eigenvalue weighted by Gasteiger charge is 2.57. The molecule has 0 spiro atoms. The fraction of sp³-hybridized carbons (Fsp3) is 0.615. The fourth-order valence-electron chi connectivity index (χ4n) is 3.51. The normalized spacial score (nSPS) is 32.4. The summed E-state index contributed by atoms with van der Waals surface area (Å²) in [5.74, 6) is -0.390. The zero-order chi connectivity index (χ0) is 19.4. The van der Waals surface area contributed by atoms with Crippen LogP contribution in [0.3, 0.4) is 0 Å². The fourth-order valence-corrected chi connectivity index (χ4v) is 4.12. The van der Waals surface area contributed by atoms with Crippen LogP contribution in [0.25, 0.3) is 11.2 Å². The number of anilines is 1. The number of rotatable bonds is 4. The average Bonchev–Trinajstić information content (AvgIpc) is 3.00. The molecule has 0 aliphatic heterocycles. The van der Waals surface area contributed by atoms with E-state index in [4.69, 9.17) is 27.1 Å². The minimum absolute atomic E-state index is 0.0760. The van der Waals surface area contributed by atoms with Gasteiger partial charge in [-0.3, -0.25) is 4.52 Å². The molecule has 0 aromatic carbocycles. The lowest BCUT2D eigenvalue weighted by molar-refractivity contribution is -0.0461. The predicted octanol–water partition coefficient (Wildman–Crippen LogP) is 0.0901. The smallest absolute Gasteiger partial charge is 0.390 e. The number of aromatic nitrogens is 4. The zero-order valence-electron chi connectivity index (χ0n) is 13.9. The minimum atomic E-state index is -4.73. The Balaban J connectivity index is 2.03. The van der Waals surface area contributed by atoms with Crippen LogP contribution in [-0.2, 0) is 9.09 Å². The number of fused-ring (bicyclic) bond motifs is 1. The number of hydrogen-bond acceptors (Lipinski definition) is 8. The van der Waals surface area contributed by atoms with Crippen LogP contribution in [0.4, 0.5) is 5.82 Å². The molecule has 2 aromatic rings. The standard InChI is InChI=1S/C13H19ClN5O6P/c1-5-7(8(20)9(21)13(5,2)3-25-26(22,23)24)19-4-16-6-10(15)17-12(14)18-11(6)19/h4-5,7-9,20-21H,3H2,1-2H3,(H2,15,17,18)(H2,22,23,24)/t5-,7-,8+,9+,13+/m1/s1. The quantitative estimate of drug-likeness (QED) is 0.344. The molecule has 0 bridgehead atoms. The molecule has 2 heterocycles. The summed E-state index contributed by atoms with van der Waals surface area (Å²) in [7, 11) is -4.73. The number of aliphatic hydroxyl groups excluding tert-OH is 2. The van der Waals surface area contributed by atoms with E-state index in [1.165, 1.54) is 10.9 Å². The number of halogens is 1. The maximum absolute atomic E-state index is 11.1. The van der Waals surface area contributed by atoms with E-state index in [0.717, 1.165) is 0 Å². The maximum Gasteiger partial charge on any atom is 0.469 e. The average molecular weight is 408 g/mol. The van der Waals surface area contributed by atoms with Crippen molar-refractivity contribution >= 4 is 36.4 Å². The number of phosphoric acid groups is 1. The van der Waals surface area contributed by atoms with E-state index >= 15 is 0 Å². The van der Waals surface area contributed by atoms with Gasteiger partial charge in [-0.2, -0.15) is 9.97 Å². The van der Waals surface area contributed by atoms with Crippen LogP contribution in [0.2, 0.25) is 5.28 Å². The SMILES string of the molecule is C[C@@H]1[C@@H](n2cnc3c(N)nc(Cl)nc32)[C@H](O)[C@H](O)[C@@]1(C)COP(=O)(O)O. The molecule has 0 radical (unpaired) electrons. The highest BCUT2D eigenvalue weighted by molar-refractivity contribution is 7.46. The van der Waals surface area contributed by atoms with Gasteiger partial charge in [-0.15, -0.1) is 0 Å². The number of nitrogen functional groups attached to an aromatic ring is 1. The molecule has 0 saturated heterocycles. The van der Waals surface area contributed by atoms with Crippen molar-refractivity contribution in [3.8, 4) is 0 Å². The molecule has 6 N–H and O–H groups in total. The first-order valence-electron chi connectivity index (χ1n) is 7.67. The van der Waals surface area contributed by atoms with Crippen molar-refractivity contribution in [2.45, 2.75) is 32.1 Å². The first-order valence-corrected chi connectivity index (χ1v) is 9.58. The van der Waals surface area contributed by atoms with Crippen molar-refractivity contribution < 1.29 is 29.1 Å². The van der Waals surface area contributed by atoms with Crippen LogP contribution in [0, 0.1) is 11.3 Å². The van der Waals surface area contributed by atoms with Gasteiger partial charge >= 0.3 is 7.82 Å². The van der Waals surface area contributed by atoms with Crippen LogP contribution in [0.1, 0.15) is 19.9 Å². The van der Waals surface area contributed by atoms with Gasteiger partial charge in [0.05, 0.1) is 25.1 Å². The lowest BCUT2D eigenvalue weighted by atomic mass is 9.79. The molecule has 0 amide bonds. The van der Waals surface area contributed by atoms with Crippen molar-refractivity contribution in [1.82, 2.24) is 19.5 Å². The molecule has 3 rings (SSSR count). The van der Waals surface area contributed by atoms with E-state index < -0.39 is 44.0 Å². The molecular weight excluding hydrogens is 389 g/mol. The van der Waals surface area contributed by atoms with Crippen molar-refractivity contribution in [2.24, 2.45) is 11.3 Å². The van der Waals surface area contributed by atoms with Gasteiger partial charge in [0, 0.05) is 5.41 Å². The van der Waals surface area contributed by atoms with Crippen LogP contribution in [0.5, 0.6) is 0 Å². The lowest BCUT2D eigenvalue weighted by Crippen LogP contribution is -2.39. The van der Waals surface area contributed by atoms with Crippen molar-refractivity contribution in [3.05, 3.63) is 11.6 Å². The minimum Gasteiger partial charge on any atom is -0.390 e. The largest absolute Gasteiger partial charge is 0.469 e. The molecule has 144 valence electrons. The third-order valence-electron chi connectivity index (χ3n) is 5.19. The lowest BCUT2D eigenvalue weighted by Gasteiger charge is -2.33. The van der Waals surface area contributed by atoms with Crippen molar-refractivity contribution in [3.63, 3.8) is 0 Å². The summed E-state index contributed by atoms with van der Waals surface area (Å²) < 4.78 is 17.2. The predicted molar refractivity (Wildman–Crippen MR) is 91.1 cm³/mol. The Labute approximate surface area is 153 Å². The zero-order valence-corrected chi connectivity index (χ0v) is 15.5. The topological polar surface area (TPSA) is 177 Å². The van der Waals surface area contributed by atoms with Crippen LogP contribution in [-0.4, -0.2) is 58.3 Å². The Morgan fingerprint density at radius 2 is 2.08 bits per heavy atom. The summed E-state index contributed by atoms with van der Waals surface area (Å²) >= 11 is 5.86. The third kappa shape index (κ3) is 3.09. The van der Waals surface area contributed by atoms with Gasteiger partial charge in [-0.1, -0.05) is 13.8 Å². The second-order valence-electron chi connectivity index (χ2n) is 6.69. The maximum atomic E-state index is 11.1. The molecule has 13 heteroatoms. The molecule has 1 aliphatic carbocycles. The number of nitrogens with two attached hydrogens (primary N) is 1. The molecular formula is C13H19ClN5O6P. The first kappa shape index (κ1) is 19.4. The molecule has 5 atom stereocenters. The van der Waals surface area contributed by atoms with Crippen LogP contribution in [0.15, 0.2) is 6.33 Å². The molecule has 1 saturated carbocycles. The Kier molecular flexibility index (Phi) is 4.77. The van der Waals surface area contributed by atoms with Gasteiger partial charge in [-0.25, -0.2) is 9.55 Å². The molecule has 2 aromatic heterocycles. The highest BCUT2D eigenvalue weighted by Crippen LogP contribution is 2.52. The van der Waals surface area contributed by atoms with Gasteiger partial charge in [0.25, 0.3) is 0 Å². The molecule has 1 aliphatic rings. The summed E-state index contributed by atoms with van der Waals surface area (Å²) in [5, 5.41) is 21.0. The summed E-state index contributed by atoms with van der Waals surface area (Å²) in [6, 6.07) is -0.703. The van der Waals surface area contributed by atoms with E-state index in [1.807, 2.05) is 0 Å². The van der Waals surface area contributed by atoms with Crippen LogP contribution >= 0.6 is 19.4 Å². The van der Waals surface area contributed by atoms with Gasteiger partial charge in [0.15, 0.2) is 11.5 Å². The van der Waals surface area contributed by atoms with Crippen molar-refractivity contribution in [2.75, 3.05) is 12.3 Å². The van der Waals surface area contributed by atoms with E-state index in [2.05, 4.69) is 19.5 Å². The number of imidazole rings is 1. The summed E-state index contributed by atoms with van der Waals surface area (Å²) in [6.07, 6.45) is -1.16. The Hall–Kier alpha value is -1.33. The second-order valence-corrected chi connectivity index (χ2v) is 8.26. The number of hydrogen-bond donors (Lipinski definition) is 5. The summed E-state index contributed by atoms with van der Waals surface area (Å²) in [6.45, 7) is 2.86. The van der Waals surface area contributed by atoms with E-state index in [1.54, 1.807) is 13.8 Å². The van der Waals surface area contributed by atoms with Crippen molar-refractivity contribution in [1.29, 1.82) is 0 Å². The molecule has 1 fully saturated rings. The molecule has 0 unspecified atom stereocenters. The summed E-state index contributed by atoms with van der Waals surface area (Å²) in [4.78, 5) is 30.0. The van der Waals surface area contributed by atoms with Gasteiger partial charge < -0.3 is 30.3 Å². The number of phosphoric ester groups is 1. The van der Waals surface area contributed by atoms with Gasteiger partial charge in [0.1, 0.15) is 11.6 Å².